The van der Waals surface area contributed by atoms with Crippen molar-refractivity contribution in [3.05, 3.63) is 0 Å². The average molecular weight is 363 g/mol. The summed E-state index contributed by atoms with van der Waals surface area (Å²) in [7, 11) is -2.86. The fourth-order valence-electron chi connectivity index (χ4n) is 3.12. The van der Waals surface area contributed by atoms with Crippen LogP contribution in [0.3, 0.4) is 0 Å². The first-order valence-corrected chi connectivity index (χ1v) is 10.8. The molecule has 0 spiro atoms. The number of hydrogen-bond acceptors (Lipinski definition) is 4. The largest absolute Gasteiger partial charge is 0.472 e. The summed E-state index contributed by atoms with van der Waals surface area (Å²) in [5.74, 6) is 0.00856. The summed E-state index contributed by atoms with van der Waals surface area (Å²) in [4.78, 5) is 21.6. The molecule has 1 unspecified atom stereocenters. The van der Waals surface area contributed by atoms with Crippen LogP contribution in [-0.2, 0) is 18.4 Å². The van der Waals surface area contributed by atoms with Gasteiger partial charge in [-0.2, -0.15) is 0 Å². The van der Waals surface area contributed by atoms with Gasteiger partial charge in [0, 0.05) is 13.5 Å². The average Bonchev–Trinajstić information content (AvgIpc) is 2.55. The van der Waals surface area contributed by atoms with Crippen molar-refractivity contribution in [1.29, 1.82) is 0 Å². The first-order valence-electron chi connectivity index (χ1n) is 9.34. The number of phosphoric acid groups is 1. The molecule has 1 aliphatic carbocycles. The zero-order chi connectivity index (χ0) is 17.8. The SMILES string of the molecule is CCCCCCCCCC(=O)N[C@@H]1CCCC[C@H]1OP(=O)(O)OC. The van der Waals surface area contributed by atoms with Crippen molar-refractivity contribution >= 4 is 13.7 Å². The Morgan fingerprint density at radius 2 is 1.75 bits per heavy atom. The van der Waals surface area contributed by atoms with Crippen molar-refractivity contribution < 1.29 is 23.3 Å². The third kappa shape index (κ3) is 9.16. The van der Waals surface area contributed by atoms with Crippen molar-refractivity contribution in [1.82, 2.24) is 5.32 Å². The number of carbonyl (C=O) groups is 1. The fraction of sp³-hybridized carbons (Fsp3) is 0.941. The molecule has 1 fully saturated rings. The Kier molecular flexibility index (Phi) is 10.8. The van der Waals surface area contributed by atoms with Crippen LogP contribution in [0.25, 0.3) is 0 Å². The molecule has 1 rings (SSSR count). The second-order valence-electron chi connectivity index (χ2n) is 6.62. The molecule has 0 bridgehead atoms. The van der Waals surface area contributed by atoms with Gasteiger partial charge in [-0.05, 0) is 19.3 Å². The van der Waals surface area contributed by atoms with Gasteiger partial charge in [0.2, 0.25) is 5.91 Å². The predicted octanol–water partition coefficient (Wildman–Crippen LogP) is 4.32. The zero-order valence-corrected chi connectivity index (χ0v) is 16.1. The molecule has 3 atom stereocenters. The Labute approximate surface area is 146 Å². The van der Waals surface area contributed by atoms with E-state index in [-0.39, 0.29) is 11.9 Å². The highest BCUT2D eigenvalue weighted by atomic mass is 31.2. The van der Waals surface area contributed by atoms with Crippen molar-refractivity contribution in [3.8, 4) is 0 Å². The van der Waals surface area contributed by atoms with Gasteiger partial charge in [-0.25, -0.2) is 4.57 Å². The molecular weight excluding hydrogens is 329 g/mol. The molecule has 24 heavy (non-hydrogen) atoms. The highest BCUT2D eigenvalue weighted by Gasteiger charge is 2.33. The number of nitrogens with one attached hydrogen (secondary N) is 1. The van der Waals surface area contributed by atoms with E-state index >= 15 is 0 Å². The van der Waals surface area contributed by atoms with Crippen LogP contribution in [-0.4, -0.2) is 30.1 Å². The van der Waals surface area contributed by atoms with Crippen LogP contribution in [0, 0.1) is 0 Å². The van der Waals surface area contributed by atoms with Crippen LogP contribution < -0.4 is 5.32 Å². The van der Waals surface area contributed by atoms with Crippen LogP contribution in [0.2, 0.25) is 0 Å². The summed E-state index contributed by atoms with van der Waals surface area (Å²) in [6, 6.07) is -0.202. The third-order valence-corrected chi connectivity index (χ3v) is 5.55. The Morgan fingerprint density at radius 3 is 2.42 bits per heavy atom. The summed E-state index contributed by atoms with van der Waals surface area (Å²) < 4.78 is 21.3. The van der Waals surface area contributed by atoms with Gasteiger partial charge in [0.25, 0.3) is 0 Å². The molecule has 2 N–H and O–H groups in total. The highest BCUT2D eigenvalue weighted by Crippen LogP contribution is 2.45. The minimum atomic E-state index is -4.01. The second kappa shape index (κ2) is 12.0. The van der Waals surface area contributed by atoms with Gasteiger partial charge >= 0.3 is 7.82 Å². The summed E-state index contributed by atoms with van der Waals surface area (Å²) >= 11 is 0. The molecular formula is C17H34NO5P. The Hall–Kier alpha value is -0.420. The van der Waals surface area contributed by atoms with Crippen LogP contribution in [0.1, 0.15) is 84.0 Å². The van der Waals surface area contributed by atoms with Crippen LogP contribution >= 0.6 is 7.82 Å². The Balaban J connectivity index is 2.26. The van der Waals surface area contributed by atoms with E-state index in [9.17, 15) is 14.3 Å². The molecule has 7 heteroatoms. The van der Waals surface area contributed by atoms with E-state index < -0.39 is 13.9 Å². The Bertz CT molecular complexity index is 404. The van der Waals surface area contributed by atoms with Crippen LogP contribution in [0.4, 0.5) is 0 Å². The monoisotopic (exact) mass is 363 g/mol. The van der Waals surface area contributed by atoms with Crippen molar-refractivity contribution in [2.45, 2.75) is 96.1 Å². The first-order chi connectivity index (χ1) is 11.5. The fourth-order valence-corrected chi connectivity index (χ4v) is 3.80. The van der Waals surface area contributed by atoms with E-state index in [1.54, 1.807) is 0 Å². The molecule has 0 saturated heterocycles. The van der Waals surface area contributed by atoms with Gasteiger partial charge in [0.1, 0.15) is 0 Å². The van der Waals surface area contributed by atoms with E-state index in [4.69, 9.17) is 4.52 Å². The molecule has 0 heterocycles. The van der Waals surface area contributed by atoms with Crippen molar-refractivity contribution in [3.63, 3.8) is 0 Å². The maximum Gasteiger partial charge on any atom is 0.472 e. The van der Waals surface area contributed by atoms with E-state index in [1.165, 1.54) is 32.1 Å². The summed E-state index contributed by atoms with van der Waals surface area (Å²) in [5, 5.41) is 2.98. The molecule has 0 aromatic heterocycles. The second-order valence-corrected chi connectivity index (χ2v) is 8.14. The van der Waals surface area contributed by atoms with Gasteiger partial charge in [-0.15, -0.1) is 0 Å². The van der Waals surface area contributed by atoms with Gasteiger partial charge in [0.15, 0.2) is 0 Å². The van der Waals surface area contributed by atoms with Gasteiger partial charge < -0.3 is 10.2 Å². The van der Waals surface area contributed by atoms with Crippen LogP contribution in [0.5, 0.6) is 0 Å². The standard InChI is InChI=1S/C17H34NO5P/c1-3-4-5-6-7-8-9-14-17(19)18-15-12-10-11-13-16(15)23-24(20,21)22-2/h15-16H,3-14H2,1-2H3,(H,18,19)(H,20,21)/t15-,16-/m1/s1. The number of amides is 1. The lowest BCUT2D eigenvalue weighted by Gasteiger charge is -2.32. The van der Waals surface area contributed by atoms with E-state index in [0.29, 0.717) is 12.8 Å². The predicted molar refractivity (Wildman–Crippen MR) is 94.7 cm³/mol. The third-order valence-electron chi connectivity index (χ3n) is 4.56. The number of phosphoric ester groups is 1. The smallest absolute Gasteiger partial charge is 0.351 e. The normalized spacial score (nSPS) is 23.6. The maximum absolute atomic E-state index is 12.1. The molecule has 6 nitrogen and oxygen atoms in total. The minimum Gasteiger partial charge on any atom is -0.351 e. The first kappa shape index (κ1) is 21.6. The minimum absolute atomic E-state index is 0.00856. The van der Waals surface area contributed by atoms with E-state index in [2.05, 4.69) is 16.8 Å². The topological polar surface area (TPSA) is 84.9 Å². The number of rotatable bonds is 12. The van der Waals surface area contributed by atoms with Crippen molar-refractivity contribution in [2.75, 3.05) is 7.11 Å². The summed E-state index contributed by atoms with van der Waals surface area (Å²) in [6.45, 7) is 2.20. The van der Waals surface area contributed by atoms with Gasteiger partial charge in [-0.3, -0.25) is 13.8 Å². The summed E-state index contributed by atoms with van der Waals surface area (Å²) in [5.41, 5.74) is 0. The van der Waals surface area contributed by atoms with E-state index in [1.807, 2.05) is 0 Å². The number of unbranched alkanes of at least 4 members (excludes halogenated alkanes) is 6. The molecule has 1 amide bonds. The van der Waals surface area contributed by atoms with Crippen LogP contribution in [0.15, 0.2) is 0 Å². The molecule has 0 aromatic carbocycles. The Morgan fingerprint density at radius 1 is 1.12 bits per heavy atom. The quantitative estimate of drug-likeness (QED) is 0.398. The maximum atomic E-state index is 12.1. The van der Waals surface area contributed by atoms with E-state index in [0.717, 1.165) is 39.2 Å². The molecule has 1 saturated carbocycles. The summed E-state index contributed by atoms with van der Waals surface area (Å²) in [6.07, 6.45) is 11.6. The zero-order valence-electron chi connectivity index (χ0n) is 15.2. The number of carbonyl (C=O) groups excluding carboxylic acids is 1. The van der Waals surface area contributed by atoms with Gasteiger partial charge in [-0.1, -0.05) is 58.3 Å². The highest BCUT2D eigenvalue weighted by molar-refractivity contribution is 7.47. The number of hydrogen-bond donors (Lipinski definition) is 2. The lowest BCUT2D eigenvalue weighted by Crippen LogP contribution is -2.46. The van der Waals surface area contributed by atoms with Gasteiger partial charge in [0.05, 0.1) is 12.1 Å². The molecule has 0 aliphatic heterocycles. The lowest BCUT2D eigenvalue weighted by molar-refractivity contribution is -0.123. The molecule has 142 valence electrons. The molecule has 1 aliphatic rings. The lowest BCUT2D eigenvalue weighted by atomic mass is 9.92. The van der Waals surface area contributed by atoms with Crippen molar-refractivity contribution in [2.24, 2.45) is 0 Å². The molecule has 0 aromatic rings. The molecule has 0 radical (unpaired) electrons.